The van der Waals surface area contributed by atoms with Crippen molar-refractivity contribution in [1.82, 2.24) is 20.0 Å². The predicted molar refractivity (Wildman–Crippen MR) is 74.2 cm³/mol. The first-order valence-corrected chi connectivity index (χ1v) is 6.72. The van der Waals surface area contributed by atoms with Crippen LogP contribution >= 0.6 is 0 Å². The zero-order valence-corrected chi connectivity index (χ0v) is 11.9. The molecule has 6 heteroatoms. The molecule has 0 aliphatic heterocycles. The highest BCUT2D eigenvalue weighted by Gasteiger charge is 2.24. The van der Waals surface area contributed by atoms with Crippen LogP contribution in [0.2, 0.25) is 0 Å². The van der Waals surface area contributed by atoms with Gasteiger partial charge in [-0.25, -0.2) is 9.48 Å². The first-order chi connectivity index (χ1) is 9.69. The average molecular weight is 274 g/mol. The molecule has 2 aromatic heterocycles. The molecule has 20 heavy (non-hydrogen) atoms. The Balaban J connectivity index is 2.54. The van der Waals surface area contributed by atoms with Gasteiger partial charge in [-0.05, 0) is 32.4 Å². The first-order valence-electron chi connectivity index (χ1n) is 6.72. The minimum absolute atomic E-state index is 0.127. The Morgan fingerprint density at radius 1 is 1.40 bits per heavy atom. The third-order valence-electron chi connectivity index (χ3n) is 3.08. The highest BCUT2D eigenvalue weighted by molar-refractivity contribution is 5.93. The molecule has 0 bridgehead atoms. The van der Waals surface area contributed by atoms with Gasteiger partial charge in [0.15, 0.2) is 5.69 Å². The van der Waals surface area contributed by atoms with Gasteiger partial charge in [0.25, 0.3) is 0 Å². The average Bonchev–Trinajstić information content (AvgIpc) is 2.92. The highest BCUT2D eigenvalue weighted by atomic mass is 16.5. The van der Waals surface area contributed by atoms with Crippen molar-refractivity contribution in [3.8, 4) is 11.4 Å². The molecule has 6 nitrogen and oxygen atoms in total. The summed E-state index contributed by atoms with van der Waals surface area (Å²) in [5, 5.41) is 8.07. The lowest BCUT2D eigenvalue weighted by molar-refractivity contribution is 0.0520. The number of rotatable bonds is 5. The van der Waals surface area contributed by atoms with Crippen molar-refractivity contribution in [3.63, 3.8) is 0 Å². The molecule has 1 atom stereocenters. The van der Waals surface area contributed by atoms with Crippen LogP contribution in [0.5, 0.6) is 0 Å². The number of pyridine rings is 1. The maximum Gasteiger partial charge on any atom is 0.361 e. The summed E-state index contributed by atoms with van der Waals surface area (Å²) in [6, 6.07) is 5.65. The van der Waals surface area contributed by atoms with Crippen molar-refractivity contribution >= 4 is 5.97 Å². The van der Waals surface area contributed by atoms with E-state index in [4.69, 9.17) is 4.74 Å². The number of hydrogen-bond donors (Lipinski definition) is 0. The highest BCUT2D eigenvalue weighted by Crippen LogP contribution is 2.24. The molecule has 0 amide bonds. The Kier molecular flexibility index (Phi) is 4.45. The third-order valence-corrected chi connectivity index (χ3v) is 3.08. The van der Waals surface area contributed by atoms with E-state index >= 15 is 0 Å². The fraction of sp³-hybridized carbons (Fsp3) is 0.429. The van der Waals surface area contributed by atoms with Crippen LogP contribution in [0.3, 0.4) is 0 Å². The minimum Gasteiger partial charge on any atom is -0.461 e. The van der Waals surface area contributed by atoms with Crippen molar-refractivity contribution in [1.29, 1.82) is 0 Å². The van der Waals surface area contributed by atoms with Crippen molar-refractivity contribution in [2.24, 2.45) is 0 Å². The number of esters is 1. The van der Waals surface area contributed by atoms with E-state index in [-0.39, 0.29) is 11.7 Å². The second-order valence-electron chi connectivity index (χ2n) is 4.42. The third kappa shape index (κ3) is 2.68. The molecule has 0 N–H and O–H groups in total. The Morgan fingerprint density at radius 3 is 2.80 bits per heavy atom. The molecule has 2 aromatic rings. The summed E-state index contributed by atoms with van der Waals surface area (Å²) in [7, 11) is 0. The topological polar surface area (TPSA) is 69.9 Å². The molecular formula is C14H18N4O2. The summed E-state index contributed by atoms with van der Waals surface area (Å²) in [6.45, 7) is 6.14. The van der Waals surface area contributed by atoms with E-state index < -0.39 is 5.97 Å². The van der Waals surface area contributed by atoms with E-state index in [1.54, 1.807) is 17.8 Å². The second-order valence-corrected chi connectivity index (χ2v) is 4.42. The van der Waals surface area contributed by atoms with Crippen molar-refractivity contribution < 1.29 is 9.53 Å². The van der Waals surface area contributed by atoms with Crippen LogP contribution < -0.4 is 0 Å². The Morgan fingerprint density at radius 2 is 2.20 bits per heavy atom. The largest absolute Gasteiger partial charge is 0.461 e. The van der Waals surface area contributed by atoms with E-state index in [9.17, 15) is 4.79 Å². The number of carbonyl (C=O) groups is 1. The van der Waals surface area contributed by atoms with Gasteiger partial charge in [-0.2, -0.15) is 0 Å². The first kappa shape index (κ1) is 14.2. The van der Waals surface area contributed by atoms with Gasteiger partial charge in [0.05, 0.1) is 18.3 Å². The maximum absolute atomic E-state index is 12.0. The summed E-state index contributed by atoms with van der Waals surface area (Å²) in [5.74, 6) is -0.470. The van der Waals surface area contributed by atoms with Crippen molar-refractivity contribution in [2.45, 2.75) is 33.2 Å². The summed E-state index contributed by atoms with van der Waals surface area (Å²) in [6.07, 6.45) is 2.56. The Labute approximate surface area is 117 Å². The van der Waals surface area contributed by atoms with Gasteiger partial charge < -0.3 is 4.74 Å². The van der Waals surface area contributed by atoms with Gasteiger partial charge in [0.2, 0.25) is 0 Å². The van der Waals surface area contributed by atoms with E-state index in [1.165, 1.54) is 0 Å². The van der Waals surface area contributed by atoms with Gasteiger partial charge in [-0.3, -0.25) is 4.98 Å². The van der Waals surface area contributed by atoms with E-state index in [2.05, 4.69) is 22.2 Å². The zero-order valence-electron chi connectivity index (χ0n) is 11.9. The van der Waals surface area contributed by atoms with E-state index in [0.29, 0.717) is 18.0 Å². The number of aromatic nitrogens is 4. The number of carbonyl (C=O) groups excluding carboxylic acids is 1. The standard InChI is InChI=1S/C14H18N4O2/c1-4-10(3)18-13(11-8-6-7-9-15-11)12(16-17-18)14(19)20-5-2/h6-10H,4-5H2,1-3H3. The summed E-state index contributed by atoms with van der Waals surface area (Å²) >= 11 is 0. The fourth-order valence-electron chi connectivity index (χ4n) is 1.85. The second kappa shape index (κ2) is 6.27. The fourth-order valence-corrected chi connectivity index (χ4v) is 1.85. The molecule has 0 fully saturated rings. The summed E-state index contributed by atoms with van der Waals surface area (Å²) < 4.78 is 6.76. The van der Waals surface area contributed by atoms with E-state index in [1.807, 2.05) is 25.1 Å². The van der Waals surface area contributed by atoms with Gasteiger partial charge in [-0.15, -0.1) is 5.10 Å². The van der Waals surface area contributed by atoms with Crippen LogP contribution in [0.4, 0.5) is 0 Å². The van der Waals surface area contributed by atoms with Crippen LogP contribution in [0.15, 0.2) is 24.4 Å². The number of hydrogen-bond acceptors (Lipinski definition) is 5. The molecule has 0 saturated heterocycles. The van der Waals surface area contributed by atoms with Gasteiger partial charge in [0, 0.05) is 6.20 Å². The monoisotopic (exact) mass is 274 g/mol. The predicted octanol–water partition coefficient (Wildman–Crippen LogP) is 2.49. The van der Waals surface area contributed by atoms with E-state index in [0.717, 1.165) is 6.42 Å². The molecule has 0 saturated carbocycles. The molecule has 0 aromatic carbocycles. The summed E-state index contributed by atoms with van der Waals surface area (Å²) in [5.41, 5.74) is 1.49. The number of nitrogens with zero attached hydrogens (tertiary/aromatic N) is 4. The van der Waals surface area contributed by atoms with Crippen LogP contribution in [0, 0.1) is 0 Å². The van der Waals surface area contributed by atoms with Crippen LogP contribution in [0.1, 0.15) is 43.7 Å². The quantitative estimate of drug-likeness (QED) is 0.783. The Hall–Kier alpha value is -2.24. The lowest BCUT2D eigenvalue weighted by Crippen LogP contribution is -2.11. The lowest BCUT2D eigenvalue weighted by Gasteiger charge is -2.12. The SMILES string of the molecule is CCOC(=O)c1nnn(C(C)CC)c1-c1ccccn1. The lowest BCUT2D eigenvalue weighted by atomic mass is 10.2. The van der Waals surface area contributed by atoms with Crippen LogP contribution in [-0.2, 0) is 4.74 Å². The summed E-state index contributed by atoms with van der Waals surface area (Å²) in [4.78, 5) is 16.3. The van der Waals surface area contributed by atoms with Crippen LogP contribution in [-0.4, -0.2) is 32.6 Å². The number of ether oxygens (including phenoxy) is 1. The van der Waals surface area contributed by atoms with Gasteiger partial charge in [-0.1, -0.05) is 18.2 Å². The van der Waals surface area contributed by atoms with Gasteiger partial charge in [0.1, 0.15) is 5.69 Å². The molecule has 0 radical (unpaired) electrons. The molecule has 2 rings (SSSR count). The zero-order chi connectivity index (χ0) is 14.5. The molecule has 2 heterocycles. The molecule has 0 aliphatic rings. The van der Waals surface area contributed by atoms with Crippen LogP contribution in [0.25, 0.3) is 11.4 Å². The molecule has 0 aliphatic carbocycles. The van der Waals surface area contributed by atoms with Crippen molar-refractivity contribution in [3.05, 3.63) is 30.1 Å². The Bertz CT molecular complexity index is 580. The molecule has 0 spiro atoms. The molecular weight excluding hydrogens is 256 g/mol. The molecule has 1 unspecified atom stereocenters. The maximum atomic E-state index is 12.0. The minimum atomic E-state index is -0.470. The van der Waals surface area contributed by atoms with Gasteiger partial charge >= 0.3 is 5.97 Å². The van der Waals surface area contributed by atoms with Crippen molar-refractivity contribution in [2.75, 3.05) is 6.61 Å². The molecule has 106 valence electrons. The smallest absolute Gasteiger partial charge is 0.361 e. The normalized spacial score (nSPS) is 12.2.